The lowest BCUT2D eigenvalue weighted by Crippen LogP contribution is -2.28. The molecule has 0 unspecified atom stereocenters. The van der Waals surface area contributed by atoms with Crippen LogP contribution in [0.3, 0.4) is 0 Å². The standard InChI is InChI=1S/C10H20N4O2S/c1-3-11-5-4-8-17(15,16)13-9-10-12-6-7-14(10)2/h6-7,11,13H,3-5,8-9H2,1-2H3. The molecule has 0 fully saturated rings. The third kappa shape index (κ3) is 5.29. The number of nitrogens with one attached hydrogen (secondary N) is 2. The van der Waals surface area contributed by atoms with E-state index >= 15 is 0 Å². The summed E-state index contributed by atoms with van der Waals surface area (Å²) < 4.78 is 27.6. The van der Waals surface area contributed by atoms with Gasteiger partial charge in [-0.1, -0.05) is 6.92 Å². The van der Waals surface area contributed by atoms with Crippen LogP contribution in [0.15, 0.2) is 12.4 Å². The van der Waals surface area contributed by atoms with E-state index in [-0.39, 0.29) is 12.3 Å². The van der Waals surface area contributed by atoms with Gasteiger partial charge >= 0.3 is 0 Å². The Balaban J connectivity index is 2.32. The SMILES string of the molecule is CCNCCCS(=O)(=O)NCc1nccn1C. The molecule has 17 heavy (non-hydrogen) atoms. The predicted octanol–water partition coefficient (Wildman–Crippen LogP) is -0.161. The number of rotatable bonds is 8. The highest BCUT2D eigenvalue weighted by atomic mass is 32.2. The second-order valence-corrected chi connectivity index (χ2v) is 5.73. The zero-order chi connectivity index (χ0) is 12.7. The maximum atomic E-state index is 11.6. The summed E-state index contributed by atoms with van der Waals surface area (Å²) in [5.74, 6) is 0.852. The first-order chi connectivity index (χ1) is 8.05. The van der Waals surface area contributed by atoms with Gasteiger partial charge in [-0.3, -0.25) is 0 Å². The molecule has 1 aromatic rings. The van der Waals surface area contributed by atoms with Crippen molar-refractivity contribution in [2.75, 3.05) is 18.8 Å². The molecule has 0 bridgehead atoms. The Hall–Kier alpha value is -0.920. The zero-order valence-electron chi connectivity index (χ0n) is 10.3. The summed E-state index contributed by atoms with van der Waals surface area (Å²) in [5, 5.41) is 3.09. The lowest BCUT2D eigenvalue weighted by molar-refractivity contribution is 0.572. The van der Waals surface area contributed by atoms with Crippen molar-refractivity contribution in [3.8, 4) is 0 Å². The van der Waals surface area contributed by atoms with E-state index in [1.165, 1.54) is 0 Å². The quantitative estimate of drug-likeness (QED) is 0.637. The van der Waals surface area contributed by atoms with Gasteiger partial charge in [0.1, 0.15) is 5.82 Å². The van der Waals surface area contributed by atoms with Gasteiger partial charge in [0.2, 0.25) is 10.0 Å². The molecule has 0 amide bonds. The molecular formula is C10H20N4O2S. The smallest absolute Gasteiger partial charge is 0.212 e. The normalized spacial score (nSPS) is 11.9. The molecule has 0 radical (unpaired) electrons. The highest BCUT2D eigenvalue weighted by molar-refractivity contribution is 7.89. The Morgan fingerprint density at radius 1 is 1.47 bits per heavy atom. The van der Waals surface area contributed by atoms with E-state index < -0.39 is 10.0 Å². The van der Waals surface area contributed by atoms with Crippen LogP contribution in [0.5, 0.6) is 0 Å². The molecule has 0 aromatic carbocycles. The van der Waals surface area contributed by atoms with Crippen LogP contribution in [0.2, 0.25) is 0 Å². The maximum absolute atomic E-state index is 11.6. The van der Waals surface area contributed by atoms with Gasteiger partial charge in [-0.25, -0.2) is 18.1 Å². The number of sulfonamides is 1. The van der Waals surface area contributed by atoms with E-state index in [1.807, 2.05) is 14.0 Å². The van der Waals surface area contributed by atoms with Gasteiger partial charge in [-0.05, 0) is 19.5 Å². The van der Waals surface area contributed by atoms with E-state index in [4.69, 9.17) is 0 Å². The molecule has 0 atom stereocenters. The summed E-state index contributed by atoms with van der Waals surface area (Å²) >= 11 is 0. The minimum absolute atomic E-state index is 0.143. The Bertz CT molecular complexity index is 427. The van der Waals surface area contributed by atoms with Crippen LogP contribution < -0.4 is 10.0 Å². The largest absolute Gasteiger partial charge is 0.337 e. The van der Waals surface area contributed by atoms with Crippen LogP contribution in [0.4, 0.5) is 0 Å². The highest BCUT2D eigenvalue weighted by Gasteiger charge is 2.10. The molecule has 7 heteroatoms. The summed E-state index contributed by atoms with van der Waals surface area (Å²) in [6, 6.07) is 0. The second-order valence-electron chi connectivity index (χ2n) is 3.80. The van der Waals surface area contributed by atoms with Gasteiger partial charge in [0.25, 0.3) is 0 Å². The second kappa shape index (κ2) is 6.73. The minimum atomic E-state index is -3.20. The van der Waals surface area contributed by atoms with Crippen LogP contribution in [0.25, 0.3) is 0 Å². The molecule has 0 saturated heterocycles. The van der Waals surface area contributed by atoms with Crippen molar-refractivity contribution in [1.29, 1.82) is 0 Å². The third-order valence-electron chi connectivity index (χ3n) is 2.39. The zero-order valence-corrected chi connectivity index (χ0v) is 11.1. The van der Waals surface area contributed by atoms with E-state index in [0.717, 1.165) is 13.1 Å². The van der Waals surface area contributed by atoms with Crippen LogP contribution in [0.1, 0.15) is 19.2 Å². The first-order valence-electron chi connectivity index (χ1n) is 5.69. The maximum Gasteiger partial charge on any atom is 0.212 e. The number of aromatic nitrogens is 2. The average Bonchev–Trinajstić information content (AvgIpc) is 2.68. The van der Waals surface area contributed by atoms with Crippen LogP contribution in [-0.4, -0.2) is 36.8 Å². The van der Waals surface area contributed by atoms with Crippen molar-refractivity contribution in [3.63, 3.8) is 0 Å². The average molecular weight is 260 g/mol. The number of hydrogen-bond donors (Lipinski definition) is 2. The molecule has 0 saturated carbocycles. The number of imidazole rings is 1. The molecule has 1 heterocycles. The van der Waals surface area contributed by atoms with Crippen molar-refractivity contribution in [2.24, 2.45) is 7.05 Å². The molecule has 0 spiro atoms. The molecule has 6 nitrogen and oxygen atoms in total. The van der Waals surface area contributed by atoms with E-state index in [2.05, 4.69) is 15.0 Å². The fourth-order valence-corrected chi connectivity index (χ4v) is 2.40. The van der Waals surface area contributed by atoms with Crippen molar-refractivity contribution >= 4 is 10.0 Å². The topological polar surface area (TPSA) is 76.0 Å². The van der Waals surface area contributed by atoms with Gasteiger partial charge in [-0.2, -0.15) is 0 Å². The van der Waals surface area contributed by atoms with Crippen molar-refractivity contribution < 1.29 is 8.42 Å². The van der Waals surface area contributed by atoms with Crippen molar-refractivity contribution in [1.82, 2.24) is 19.6 Å². The van der Waals surface area contributed by atoms with Crippen LogP contribution in [-0.2, 0) is 23.6 Å². The van der Waals surface area contributed by atoms with E-state index in [9.17, 15) is 8.42 Å². The fourth-order valence-electron chi connectivity index (χ4n) is 1.38. The monoisotopic (exact) mass is 260 g/mol. The minimum Gasteiger partial charge on any atom is -0.337 e. The van der Waals surface area contributed by atoms with Crippen molar-refractivity contribution in [3.05, 3.63) is 18.2 Å². The van der Waals surface area contributed by atoms with Gasteiger partial charge in [0.05, 0.1) is 12.3 Å². The first-order valence-corrected chi connectivity index (χ1v) is 7.34. The summed E-state index contributed by atoms with van der Waals surface area (Å²) in [5.41, 5.74) is 0. The predicted molar refractivity (Wildman–Crippen MR) is 67.0 cm³/mol. The van der Waals surface area contributed by atoms with Crippen LogP contribution in [0, 0.1) is 0 Å². The summed E-state index contributed by atoms with van der Waals surface area (Å²) in [6.45, 7) is 3.82. The Kier molecular flexibility index (Phi) is 5.60. The molecule has 1 aromatic heterocycles. The molecule has 2 N–H and O–H groups in total. The Morgan fingerprint density at radius 3 is 2.82 bits per heavy atom. The van der Waals surface area contributed by atoms with Gasteiger partial charge in [0.15, 0.2) is 0 Å². The summed E-state index contributed by atoms with van der Waals surface area (Å²) in [4.78, 5) is 4.05. The van der Waals surface area contributed by atoms with E-state index in [0.29, 0.717) is 12.2 Å². The molecule has 0 aliphatic carbocycles. The summed E-state index contributed by atoms with van der Waals surface area (Å²) in [6.07, 6.45) is 4.05. The number of hydrogen-bond acceptors (Lipinski definition) is 4. The Labute approximate surface area is 102 Å². The van der Waals surface area contributed by atoms with Gasteiger partial charge < -0.3 is 9.88 Å². The molecular weight excluding hydrogens is 240 g/mol. The number of nitrogens with zero attached hydrogens (tertiary/aromatic N) is 2. The highest BCUT2D eigenvalue weighted by Crippen LogP contribution is 1.96. The molecule has 98 valence electrons. The van der Waals surface area contributed by atoms with Gasteiger partial charge in [0, 0.05) is 19.4 Å². The summed E-state index contributed by atoms with van der Waals surface area (Å²) in [7, 11) is -1.36. The molecule has 0 aliphatic heterocycles. The van der Waals surface area contributed by atoms with Gasteiger partial charge in [-0.15, -0.1) is 0 Å². The van der Waals surface area contributed by atoms with E-state index in [1.54, 1.807) is 17.0 Å². The molecule has 1 rings (SSSR count). The van der Waals surface area contributed by atoms with Crippen LogP contribution >= 0.6 is 0 Å². The van der Waals surface area contributed by atoms with Crippen molar-refractivity contribution in [2.45, 2.75) is 19.9 Å². The fraction of sp³-hybridized carbons (Fsp3) is 0.700. The lowest BCUT2D eigenvalue weighted by atomic mass is 10.5. The third-order valence-corrected chi connectivity index (χ3v) is 3.80. The first kappa shape index (κ1) is 14.1. The number of aryl methyl sites for hydroxylation is 1. The Morgan fingerprint density at radius 2 is 2.24 bits per heavy atom. The molecule has 0 aliphatic rings. The lowest BCUT2D eigenvalue weighted by Gasteiger charge is -2.06.